The Kier molecular flexibility index (Phi) is 1.55. The van der Waals surface area contributed by atoms with E-state index in [4.69, 9.17) is 0 Å². The summed E-state index contributed by atoms with van der Waals surface area (Å²) in [4.78, 5) is 13.0. The van der Waals surface area contributed by atoms with Crippen LogP contribution in [0.1, 0.15) is 12.8 Å². The predicted octanol–water partition coefficient (Wildman–Crippen LogP) is 2.61. The zero-order valence-corrected chi connectivity index (χ0v) is 10.9. The van der Waals surface area contributed by atoms with Gasteiger partial charge in [0.05, 0.1) is 4.83 Å². The lowest BCUT2D eigenvalue weighted by Gasteiger charge is -2.26. The maximum atomic E-state index is 12.1. The Morgan fingerprint density at radius 3 is 2.57 bits per heavy atom. The number of hydrogen-bond acceptors (Lipinski definition) is 1. The van der Waals surface area contributed by atoms with Crippen LogP contribution in [0.3, 0.4) is 0 Å². The minimum atomic E-state index is 0.192. The molecule has 4 fully saturated rings. The molecule has 0 unspecified atom stereocenters. The van der Waals surface area contributed by atoms with E-state index in [9.17, 15) is 4.79 Å². The van der Waals surface area contributed by atoms with Gasteiger partial charge in [-0.25, -0.2) is 0 Å². The second kappa shape index (κ2) is 2.48. The van der Waals surface area contributed by atoms with Gasteiger partial charge >= 0.3 is 0 Å². The molecule has 3 heteroatoms. The van der Waals surface area contributed by atoms with Crippen LogP contribution in [0.4, 0.5) is 0 Å². The Bertz CT molecular complexity index is 327. The van der Waals surface area contributed by atoms with Crippen LogP contribution in [-0.4, -0.2) is 15.4 Å². The Balaban J connectivity index is 1.89. The summed E-state index contributed by atoms with van der Waals surface area (Å²) in [5.41, 5.74) is 0. The quantitative estimate of drug-likeness (QED) is 0.627. The first-order valence-corrected chi connectivity index (χ1v) is 7.35. The van der Waals surface area contributed by atoms with Crippen LogP contribution in [0.25, 0.3) is 0 Å². The van der Waals surface area contributed by atoms with Gasteiger partial charge in [-0.2, -0.15) is 0 Å². The second-order valence-electron chi connectivity index (χ2n) is 5.46. The number of halogens is 2. The van der Waals surface area contributed by atoms with Crippen molar-refractivity contribution in [2.75, 3.05) is 0 Å². The van der Waals surface area contributed by atoms with E-state index in [1.165, 1.54) is 12.8 Å². The fourth-order valence-electron chi connectivity index (χ4n) is 5.09. The van der Waals surface area contributed by atoms with Gasteiger partial charge in [-0.15, -0.1) is 0 Å². The van der Waals surface area contributed by atoms with Crippen LogP contribution in [0.2, 0.25) is 0 Å². The standard InChI is InChI=1S/C11H12Br2O/c12-6-2-4-3-1-5-7(4)11(14)10(13)9(5)8(3)6/h3-10H,1-2H2/t3-,4-,5+,6-,7-,8-,9-,10-/m0/s1. The molecule has 0 heterocycles. The van der Waals surface area contributed by atoms with Crippen LogP contribution in [-0.2, 0) is 4.79 Å². The van der Waals surface area contributed by atoms with E-state index in [1.807, 2.05) is 0 Å². The van der Waals surface area contributed by atoms with Crippen molar-refractivity contribution in [1.82, 2.24) is 0 Å². The van der Waals surface area contributed by atoms with Gasteiger partial charge in [0, 0.05) is 10.7 Å². The molecule has 4 aliphatic carbocycles. The summed E-state index contributed by atoms with van der Waals surface area (Å²) >= 11 is 7.47. The average Bonchev–Trinajstić information content (AvgIpc) is 2.76. The molecule has 0 amide bonds. The van der Waals surface area contributed by atoms with Crippen molar-refractivity contribution in [2.45, 2.75) is 22.5 Å². The van der Waals surface area contributed by atoms with Crippen molar-refractivity contribution in [3.63, 3.8) is 0 Å². The lowest BCUT2D eigenvalue weighted by atomic mass is 9.80. The van der Waals surface area contributed by atoms with E-state index in [1.54, 1.807) is 0 Å². The van der Waals surface area contributed by atoms with Crippen molar-refractivity contribution in [1.29, 1.82) is 0 Å². The highest BCUT2D eigenvalue weighted by Gasteiger charge is 2.71. The molecule has 0 aromatic carbocycles. The third-order valence-corrected chi connectivity index (χ3v) is 7.35. The van der Waals surface area contributed by atoms with Gasteiger partial charge in [-0.1, -0.05) is 31.9 Å². The maximum absolute atomic E-state index is 12.1. The number of Topliss-reactive ketones (excluding diaryl/α,β-unsaturated/α-hetero) is 1. The highest BCUT2D eigenvalue weighted by Crippen LogP contribution is 2.71. The number of carbonyl (C=O) groups is 1. The SMILES string of the molecule is O=C1[C@@H]2[C@H]3C[C@H]4[C@@H]2C[C@H](Br)[C@H]4[C@H]3[C@@H]1Br. The molecule has 14 heavy (non-hydrogen) atoms. The third kappa shape index (κ3) is 0.722. The number of fused-ring (bicyclic) bond motifs is 2. The number of hydrogen-bond donors (Lipinski definition) is 0. The summed E-state index contributed by atoms with van der Waals surface area (Å²) in [6, 6.07) is 0. The number of ketones is 1. The Morgan fingerprint density at radius 2 is 1.79 bits per heavy atom. The molecule has 0 N–H and O–H groups in total. The molecule has 0 saturated heterocycles. The van der Waals surface area contributed by atoms with Crippen molar-refractivity contribution < 1.29 is 4.79 Å². The fraction of sp³-hybridized carbons (Fsp3) is 0.909. The van der Waals surface area contributed by atoms with Crippen LogP contribution in [0.5, 0.6) is 0 Å². The van der Waals surface area contributed by atoms with Crippen molar-refractivity contribution >= 4 is 37.6 Å². The molecule has 4 saturated carbocycles. The number of rotatable bonds is 0. The Hall–Kier alpha value is 0.630. The lowest BCUT2D eigenvalue weighted by molar-refractivity contribution is -0.121. The van der Waals surface area contributed by atoms with Gasteiger partial charge in [-0.3, -0.25) is 4.79 Å². The molecule has 2 bridgehead atoms. The monoisotopic (exact) mass is 318 g/mol. The molecule has 1 nitrogen and oxygen atoms in total. The van der Waals surface area contributed by atoms with Crippen LogP contribution in [0, 0.1) is 35.5 Å². The number of carbonyl (C=O) groups excluding carboxylic acids is 1. The average molecular weight is 320 g/mol. The number of alkyl halides is 2. The molecule has 0 aliphatic heterocycles. The first kappa shape index (κ1) is 8.74. The van der Waals surface area contributed by atoms with Gasteiger partial charge in [0.1, 0.15) is 5.78 Å². The van der Waals surface area contributed by atoms with E-state index in [0.29, 0.717) is 22.4 Å². The lowest BCUT2D eigenvalue weighted by Crippen LogP contribution is -2.26. The normalized spacial score (nSPS) is 68.3. The summed E-state index contributed by atoms with van der Waals surface area (Å²) < 4.78 is 0. The highest BCUT2D eigenvalue weighted by atomic mass is 79.9. The summed E-state index contributed by atoms with van der Waals surface area (Å²) in [6.07, 6.45) is 2.61. The van der Waals surface area contributed by atoms with Crippen molar-refractivity contribution in [3.8, 4) is 0 Å². The molecule has 4 rings (SSSR count). The second-order valence-corrected chi connectivity index (χ2v) is 7.63. The zero-order chi connectivity index (χ0) is 9.61. The van der Waals surface area contributed by atoms with Crippen molar-refractivity contribution in [2.24, 2.45) is 35.5 Å². The first-order valence-electron chi connectivity index (χ1n) is 5.52. The van der Waals surface area contributed by atoms with E-state index in [-0.39, 0.29) is 4.83 Å². The predicted molar refractivity (Wildman–Crippen MR) is 60.6 cm³/mol. The first-order chi connectivity index (χ1) is 6.70. The fourth-order valence-corrected chi connectivity index (χ4v) is 7.31. The van der Waals surface area contributed by atoms with Crippen LogP contribution >= 0.6 is 31.9 Å². The molecular formula is C11H12Br2O. The summed E-state index contributed by atoms with van der Waals surface area (Å²) in [5, 5.41) is 0. The largest absolute Gasteiger partial charge is 0.298 e. The molecule has 0 aromatic rings. The van der Waals surface area contributed by atoms with E-state index in [2.05, 4.69) is 31.9 Å². The molecule has 4 aliphatic rings. The van der Waals surface area contributed by atoms with Gasteiger partial charge in [0.2, 0.25) is 0 Å². The molecule has 0 radical (unpaired) electrons. The van der Waals surface area contributed by atoms with Crippen LogP contribution < -0.4 is 0 Å². The van der Waals surface area contributed by atoms with E-state index >= 15 is 0 Å². The van der Waals surface area contributed by atoms with Gasteiger partial charge in [0.15, 0.2) is 0 Å². The summed E-state index contributed by atoms with van der Waals surface area (Å²) in [5.74, 6) is 4.81. The maximum Gasteiger partial charge on any atom is 0.150 e. The Morgan fingerprint density at radius 1 is 1.00 bits per heavy atom. The minimum Gasteiger partial charge on any atom is -0.298 e. The molecule has 8 atom stereocenters. The molecular weight excluding hydrogens is 308 g/mol. The Labute approximate surface area is 100 Å². The topological polar surface area (TPSA) is 17.1 Å². The van der Waals surface area contributed by atoms with Gasteiger partial charge in [0.25, 0.3) is 0 Å². The van der Waals surface area contributed by atoms with E-state index < -0.39 is 0 Å². The smallest absolute Gasteiger partial charge is 0.150 e. The minimum absolute atomic E-state index is 0.192. The summed E-state index contributed by atoms with van der Waals surface area (Å²) in [7, 11) is 0. The molecule has 76 valence electrons. The zero-order valence-electron chi connectivity index (χ0n) is 7.70. The van der Waals surface area contributed by atoms with Crippen molar-refractivity contribution in [3.05, 3.63) is 0 Å². The van der Waals surface area contributed by atoms with Crippen LogP contribution in [0.15, 0.2) is 0 Å². The van der Waals surface area contributed by atoms with Gasteiger partial charge in [-0.05, 0) is 42.4 Å². The molecule has 0 aromatic heterocycles. The van der Waals surface area contributed by atoms with Gasteiger partial charge < -0.3 is 0 Å². The summed E-state index contributed by atoms with van der Waals surface area (Å²) in [6.45, 7) is 0. The van der Waals surface area contributed by atoms with E-state index in [0.717, 1.165) is 23.7 Å². The highest BCUT2D eigenvalue weighted by molar-refractivity contribution is 9.10. The third-order valence-electron chi connectivity index (χ3n) is 5.30. The molecule has 0 spiro atoms.